The molecule has 86 valence electrons. The highest BCUT2D eigenvalue weighted by atomic mass is 35.5. The predicted octanol–water partition coefficient (Wildman–Crippen LogP) is 2.26. The molecule has 0 spiro atoms. The van der Waals surface area contributed by atoms with Gasteiger partial charge in [0.15, 0.2) is 0 Å². The van der Waals surface area contributed by atoms with Crippen LogP contribution >= 0.6 is 11.6 Å². The first-order chi connectivity index (χ1) is 7.49. The largest absolute Gasteiger partial charge is 0.466 e. The van der Waals surface area contributed by atoms with E-state index in [0.717, 1.165) is 0 Å². The van der Waals surface area contributed by atoms with Gasteiger partial charge in [-0.05, 0) is 26.2 Å². The van der Waals surface area contributed by atoms with Gasteiger partial charge in [-0.1, -0.05) is 12.2 Å². The number of allylic oxidation sites excluding steroid dienone is 2. The number of rotatable bonds is 2. The Morgan fingerprint density at radius 3 is 2.88 bits per heavy atom. The second-order valence-electron chi connectivity index (χ2n) is 4.65. The van der Waals surface area contributed by atoms with Gasteiger partial charge in [-0.15, -0.1) is 11.6 Å². The lowest BCUT2D eigenvalue weighted by Gasteiger charge is -2.29. The zero-order valence-electron chi connectivity index (χ0n) is 9.37. The average Bonchev–Trinajstić information content (AvgIpc) is 2.69. The first-order valence-electron chi connectivity index (χ1n) is 5.44. The quantitative estimate of drug-likeness (QED) is 0.422. The van der Waals surface area contributed by atoms with Crippen LogP contribution in [0.5, 0.6) is 0 Å². The Labute approximate surface area is 100 Å². The normalized spacial score (nSPS) is 44.4. The van der Waals surface area contributed by atoms with Crippen LogP contribution in [0.15, 0.2) is 12.2 Å². The van der Waals surface area contributed by atoms with E-state index in [1.807, 2.05) is 19.1 Å². The van der Waals surface area contributed by atoms with Crippen LogP contribution in [0, 0.1) is 28.6 Å². The van der Waals surface area contributed by atoms with Gasteiger partial charge in [0, 0.05) is 5.92 Å². The molecule has 0 aromatic rings. The number of fused-ring (bicyclic) bond motifs is 2. The molecule has 4 atom stereocenters. The molecule has 0 amide bonds. The Hall–Kier alpha value is -1.01. The number of alkyl halides is 1. The van der Waals surface area contributed by atoms with E-state index in [2.05, 4.69) is 6.07 Å². The van der Waals surface area contributed by atoms with E-state index in [1.165, 1.54) is 0 Å². The molecule has 0 radical (unpaired) electrons. The van der Waals surface area contributed by atoms with Crippen LogP contribution in [-0.4, -0.2) is 17.5 Å². The zero-order valence-corrected chi connectivity index (χ0v) is 10.1. The standard InChI is InChI=1S/C12H14ClNO2/c1-3-16-10(15)11(2)8-4-5-9(11)12(13,6-8)7-14/h4-5,8-9H,3,6H2,1-2H3/t8-,9-,11+,12-/m1/s1. The van der Waals surface area contributed by atoms with Gasteiger partial charge in [0.25, 0.3) is 0 Å². The summed E-state index contributed by atoms with van der Waals surface area (Å²) in [6.45, 7) is 3.99. The van der Waals surface area contributed by atoms with Crippen LogP contribution in [-0.2, 0) is 9.53 Å². The Morgan fingerprint density at radius 1 is 1.69 bits per heavy atom. The number of hydrogen-bond donors (Lipinski definition) is 0. The minimum Gasteiger partial charge on any atom is -0.466 e. The van der Waals surface area contributed by atoms with E-state index >= 15 is 0 Å². The van der Waals surface area contributed by atoms with Crippen molar-refractivity contribution in [3.05, 3.63) is 12.2 Å². The SMILES string of the molecule is CCOC(=O)[C@@]1(C)[C@@H]2C=C[C@H]1[C@](Cl)(C#N)C2. The fourth-order valence-electron chi connectivity index (χ4n) is 2.91. The smallest absolute Gasteiger partial charge is 0.313 e. The molecule has 4 heteroatoms. The molecular formula is C12H14ClNO2. The van der Waals surface area contributed by atoms with E-state index in [1.54, 1.807) is 6.92 Å². The molecule has 0 saturated heterocycles. The van der Waals surface area contributed by atoms with Crippen LogP contribution in [0.3, 0.4) is 0 Å². The fourth-order valence-corrected chi connectivity index (χ4v) is 3.38. The molecule has 0 unspecified atom stereocenters. The molecule has 1 saturated carbocycles. The molecule has 3 nitrogen and oxygen atoms in total. The number of carbonyl (C=O) groups is 1. The molecule has 2 bridgehead atoms. The lowest BCUT2D eigenvalue weighted by molar-refractivity contribution is -0.156. The van der Waals surface area contributed by atoms with Crippen molar-refractivity contribution in [3.63, 3.8) is 0 Å². The number of hydrogen-bond acceptors (Lipinski definition) is 3. The summed E-state index contributed by atoms with van der Waals surface area (Å²) >= 11 is 6.26. The summed E-state index contributed by atoms with van der Waals surface area (Å²) < 4.78 is 5.10. The van der Waals surface area contributed by atoms with Crippen molar-refractivity contribution in [1.82, 2.24) is 0 Å². The molecule has 2 aliphatic rings. The fraction of sp³-hybridized carbons (Fsp3) is 0.667. The summed E-state index contributed by atoms with van der Waals surface area (Å²) in [4.78, 5) is 11.1. The number of nitrogens with zero attached hydrogens (tertiary/aromatic N) is 1. The van der Waals surface area contributed by atoms with Crippen molar-refractivity contribution in [2.75, 3.05) is 6.61 Å². The van der Waals surface area contributed by atoms with Gasteiger partial charge in [0.05, 0.1) is 18.1 Å². The highest BCUT2D eigenvalue weighted by Gasteiger charge is 2.65. The van der Waals surface area contributed by atoms with Gasteiger partial charge in [-0.3, -0.25) is 4.79 Å². The van der Waals surface area contributed by atoms with E-state index in [0.29, 0.717) is 13.0 Å². The zero-order chi connectivity index (χ0) is 12.0. The Balaban J connectivity index is 2.34. The van der Waals surface area contributed by atoms with Gasteiger partial charge in [0.1, 0.15) is 4.87 Å². The van der Waals surface area contributed by atoms with Crippen molar-refractivity contribution in [1.29, 1.82) is 5.26 Å². The third-order valence-electron chi connectivity index (χ3n) is 3.86. The van der Waals surface area contributed by atoms with Crippen LogP contribution in [0.1, 0.15) is 20.3 Å². The maximum Gasteiger partial charge on any atom is 0.313 e. The van der Waals surface area contributed by atoms with E-state index in [4.69, 9.17) is 21.6 Å². The predicted molar refractivity (Wildman–Crippen MR) is 59.7 cm³/mol. The van der Waals surface area contributed by atoms with Crippen LogP contribution in [0.25, 0.3) is 0 Å². The summed E-state index contributed by atoms with van der Waals surface area (Å²) in [5.74, 6) is -0.461. The van der Waals surface area contributed by atoms with Crippen LogP contribution in [0.4, 0.5) is 0 Å². The van der Waals surface area contributed by atoms with E-state index in [-0.39, 0.29) is 17.8 Å². The summed E-state index contributed by atoms with van der Waals surface area (Å²) in [7, 11) is 0. The molecule has 0 aromatic heterocycles. The van der Waals surface area contributed by atoms with Gasteiger partial charge in [0.2, 0.25) is 0 Å². The topological polar surface area (TPSA) is 50.1 Å². The van der Waals surface area contributed by atoms with Gasteiger partial charge >= 0.3 is 5.97 Å². The van der Waals surface area contributed by atoms with Crippen molar-refractivity contribution < 1.29 is 9.53 Å². The Morgan fingerprint density at radius 2 is 2.38 bits per heavy atom. The number of carbonyl (C=O) groups excluding carboxylic acids is 1. The number of nitriles is 1. The third kappa shape index (κ3) is 1.23. The molecule has 2 rings (SSSR count). The van der Waals surface area contributed by atoms with Crippen LogP contribution < -0.4 is 0 Å². The summed E-state index contributed by atoms with van der Waals surface area (Å²) in [6.07, 6.45) is 4.41. The molecule has 0 N–H and O–H groups in total. The second kappa shape index (κ2) is 3.49. The van der Waals surface area contributed by atoms with Crippen molar-refractivity contribution in [3.8, 4) is 6.07 Å². The molecule has 2 aliphatic carbocycles. The molecule has 0 aliphatic heterocycles. The minimum absolute atomic E-state index is 0.0219. The van der Waals surface area contributed by atoms with Crippen molar-refractivity contribution >= 4 is 17.6 Å². The molecule has 1 fully saturated rings. The average molecular weight is 240 g/mol. The molecule has 0 aromatic carbocycles. The van der Waals surface area contributed by atoms with Gasteiger partial charge < -0.3 is 4.74 Å². The molecule has 16 heavy (non-hydrogen) atoms. The van der Waals surface area contributed by atoms with Gasteiger partial charge in [-0.2, -0.15) is 5.26 Å². The number of esters is 1. The first-order valence-corrected chi connectivity index (χ1v) is 5.82. The monoisotopic (exact) mass is 239 g/mol. The van der Waals surface area contributed by atoms with E-state index in [9.17, 15) is 4.79 Å². The van der Waals surface area contributed by atoms with Crippen LogP contribution in [0.2, 0.25) is 0 Å². The maximum atomic E-state index is 12.0. The first kappa shape index (κ1) is 11.5. The lowest BCUT2D eigenvalue weighted by atomic mass is 9.77. The van der Waals surface area contributed by atoms with Gasteiger partial charge in [-0.25, -0.2) is 0 Å². The van der Waals surface area contributed by atoms with Crippen molar-refractivity contribution in [2.24, 2.45) is 17.3 Å². The summed E-state index contributed by atoms with van der Waals surface area (Å²) in [6, 6.07) is 2.13. The highest BCUT2D eigenvalue weighted by molar-refractivity contribution is 6.27. The Kier molecular flexibility index (Phi) is 2.51. The Bertz CT molecular complexity index is 400. The minimum atomic E-state index is -0.944. The molecule has 0 heterocycles. The number of halogens is 1. The highest BCUT2D eigenvalue weighted by Crippen LogP contribution is 2.61. The van der Waals surface area contributed by atoms with E-state index < -0.39 is 10.3 Å². The maximum absolute atomic E-state index is 12.0. The van der Waals surface area contributed by atoms with Crippen molar-refractivity contribution in [2.45, 2.75) is 25.1 Å². The lowest BCUT2D eigenvalue weighted by Crippen LogP contribution is -2.38. The summed E-state index contributed by atoms with van der Waals surface area (Å²) in [5, 5.41) is 9.12. The summed E-state index contributed by atoms with van der Waals surface area (Å²) in [5.41, 5.74) is -0.659. The second-order valence-corrected chi connectivity index (χ2v) is 5.33. The third-order valence-corrected chi connectivity index (χ3v) is 4.34. The number of ether oxygens (including phenoxy) is 1. The molecular weight excluding hydrogens is 226 g/mol.